The summed E-state index contributed by atoms with van der Waals surface area (Å²) in [5, 5.41) is 2.67. The molecule has 0 bridgehead atoms. The lowest BCUT2D eigenvalue weighted by Crippen LogP contribution is -2.40. The van der Waals surface area contributed by atoms with Crippen molar-refractivity contribution in [3.05, 3.63) is 54.0 Å². The second-order valence-electron chi connectivity index (χ2n) is 5.83. The molecule has 0 saturated carbocycles. The smallest absolute Gasteiger partial charge is 0.248 e. The van der Waals surface area contributed by atoms with Gasteiger partial charge in [0.1, 0.15) is 5.76 Å². The van der Waals surface area contributed by atoms with Gasteiger partial charge in [-0.25, -0.2) is 8.42 Å². The molecule has 0 spiro atoms. The highest BCUT2D eigenvalue weighted by Crippen LogP contribution is 2.24. The maximum Gasteiger partial charge on any atom is 0.248 e. The molecule has 3 rings (SSSR count). The lowest BCUT2D eigenvalue weighted by atomic mass is 10.2. The molecule has 0 aliphatic carbocycles. The average Bonchev–Trinajstić information content (AvgIpc) is 3.16. The van der Waals surface area contributed by atoms with E-state index in [1.165, 1.54) is 28.8 Å². The Kier molecular flexibility index (Phi) is 5.55. The van der Waals surface area contributed by atoms with E-state index in [9.17, 15) is 13.2 Å². The standard InChI is InChI=1S/C18H20N2O5S/c1-14-4-5-15(19-18(21)7-6-16-3-2-10-25-16)13-17(14)26(22,23)20-8-11-24-12-9-20/h2-7,10,13H,8-9,11-12H2,1H3,(H,19,21)/b7-6+. The van der Waals surface area contributed by atoms with Gasteiger partial charge in [0.15, 0.2) is 0 Å². The fraction of sp³-hybridized carbons (Fsp3) is 0.278. The van der Waals surface area contributed by atoms with Gasteiger partial charge in [0.25, 0.3) is 0 Å². The van der Waals surface area contributed by atoms with Crippen LogP contribution in [0.15, 0.2) is 52.0 Å². The Balaban J connectivity index is 1.78. The van der Waals surface area contributed by atoms with Gasteiger partial charge in [0.2, 0.25) is 15.9 Å². The number of furan rings is 1. The van der Waals surface area contributed by atoms with Crippen molar-refractivity contribution in [2.24, 2.45) is 0 Å². The van der Waals surface area contributed by atoms with Gasteiger partial charge in [-0.15, -0.1) is 0 Å². The molecule has 2 aromatic rings. The Labute approximate surface area is 152 Å². The predicted molar refractivity (Wildman–Crippen MR) is 97.1 cm³/mol. The van der Waals surface area contributed by atoms with E-state index in [1.807, 2.05) is 0 Å². The molecule has 0 radical (unpaired) electrons. The number of nitrogens with zero attached hydrogens (tertiary/aromatic N) is 1. The lowest BCUT2D eigenvalue weighted by Gasteiger charge is -2.26. The van der Waals surface area contributed by atoms with Crippen molar-refractivity contribution >= 4 is 27.7 Å². The summed E-state index contributed by atoms with van der Waals surface area (Å²) in [6.45, 7) is 3.14. The van der Waals surface area contributed by atoms with E-state index in [1.54, 1.807) is 31.2 Å². The molecular weight excluding hydrogens is 356 g/mol. The minimum Gasteiger partial charge on any atom is -0.465 e. The number of carbonyl (C=O) groups excluding carboxylic acids is 1. The van der Waals surface area contributed by atoms with Gasteiger partial charge in [-0.2, -0.15) is 4.31 Å². The number of hydrogen-bond acceptors (Lipinski definition) is 5. The maximum absolute atomic E-state index is 12.9. The molecule has 1 saturated heterocycles. The number of aryl methyl sites for hydroxylation is 1. The summed E-state index contributed by atoms with van der Waals surface area (Å²) < 4.78 is 37.5. The van der Waals surface area contributed by atoms with Crippen molar-refractivity contribution in [3.63, 3.8) is 0 Å². The molecule has 0 atom stereocenters. The SMILES string of the molecule is Cc1ccc(NC(=O)/C=C/c2ccco2)cc1S(=O)(=O)N1CCOCC1. The first-order valence-corrected chi connectivity index (χ1v) is 9.62. The monoisotopic (exact) mass is 376 g/mol. The molecule has 1 amide bonds. The molecule has 138 valence electrons. The number of benzene rings is 1. The van der Waals surface area contributed by atoms with Gasteiger partial charge < -0.3 is 14.5 Å². The zero-order valence-electron chi connectivity index (χ0n) is 14.3. The Hall–Kier alpha value is -2.42. The van der Waals surface area contributed by atoms with Crippen LogP contribution in [0.4, 0.5) is 5.69 Å². The van der Waals surface area contributed by atoms with Crippen LogP contribution in [0.3, 0.4) is 0 Å². The molecule has 1 N–H and O–H groups in total. The van der Waals surface area contributed by atoms with Gasteiger partial charge >= 0.3 is 0 Å². The second kappa shape index (κ2) is 7.86. The van der Waals surface area contributed by atoms with Crippen molar-refractivity contribution in [2.75, 3.05) is 31.6 Å². The minimum atomic E-state index is -3.63. The first-order chi connectivity index (χ1) is 12.5. The molecule has 1 fully saturated rings. The predicted octanol–water partition coefficient (Wildman–Crippen LogP) is 2.26. The molecule has 1 aromatic heterocycles. The van der Waals surface area contributed by atoms with Crippen molar-refractivity contribution in [1.29, 1.82) is 0 Å². The number of rotatable bonds is 5. The number of anilines is 1. The second-order valence-corrected chi connectivity index (χ2v) is 7.74. The average molecular weight is 376 g/mol. The van der Waals surface area contributed by atoms with Gasteiger partial charge in [-0.3, -0.25) is 4.79 Å². The van der Waals surface area contributed by atoms with E-state index < -0.39 is 10.0 Å². The summed E-state index contributed by atoms with van der Waals surface area (Å²) >= 11 is 0. The molecule has 0 unspecified atom stereocenters. The fourth-order valence-electron chi connectivity index (χ4n) is 2.61. The lowest BCUT2D eigenvalue weighted by molar-refractivity contribution is -0.111. The van der Waals surface area contributed by atoms with Crippen molar-refractivity contribution < 1.29 is 22.4 Å². The molecule has 1 aliphatic rings. The van der Waals surface area contributed by atoms with E-state index in [0.29, 0.717) is 43.3 Å². The minimum absolute atomic E-state index is 0.187. The molecule has 7 nitrogen and oxygen atoms in total. The zero-order chi connectivity index (χ0) is 18.6. The van der Waals surface area contributed by atoms with E-state index in [2.05, 4.69) is 5.32 Å². The number of sulfonamides is 1. The number of ether oxygens (including phenoxy) is 1. The van der Waals surface area contributed by atoms with E-state index in [4.69, 9.17) is 9.15 Å². The van der Waals surface area contributed by atoms with Crippen LogP contribution in [0.25, 0.3) is 6.08 Å². The summed E-state index contributed by atoms with van der Waals surface area (Å²) in [5.74, 6) is 0.180. The van der Waals surface area contributed by atoms with Crippen molar-refractivity contribution in [3.8, 4) is 0 Å². The third kappa shape index (κ3) is 4.21. The Morgan fingerprint density at radius 1 is 1.23 bits per heavy atom. The zero-order valence-corrected chi connectivity index (χ0v) is 15.2. The molecule has 2 heterocycles. The Morgan fingerprint density at radius 3 is 2.69 bits per heavy atom. The highest BCUT2D eigenvalue weighted by Gasteiger charge is 2.28. The van der Waals surface area contributed by atoms with E-state index in [0.717, 1.165) is 0 Å². The van der Waals surface area contributed by atoms with Crippen LogP contribution < -0.4 is 5.32 Å². The van der Waals surface area contributed by atoms with Crippen LogP contribution in [-0.2, 0) is 19.6 Å². The number of carbonyl (C=O) groups is 1. The normalized spacial score (nSPS) is 16.0. The van der Waals surface area contributed by atoms with Gasteiger partial charge in [-0.1, -0.05) is 6.07 Å². The van der Waals surface area contributed by atoms with Crippen LogP contribution in [0.1, 0.15) is 11.3 Å². The quantitative estimate of drug-likeness (QED) is 0.809. The first-order valence-electron chi connectivity index (χ1n) is 8.18. The van der Waals surface area contributed by atoms with Gasteiger partial charge in [-0.05, 0) is 42.8 Å². The van der Waals surface area contributed by atoms with Gasteiger partial charge in [0, 0.05) is 24.9 Å². The summed E-state index contributed by atoms with van der Waals surface area (Å²) in [5.41, 5.74) is 1.04. The number of hydrogen-bond donors (Lipinski definition) is 1. The number of nitrogens with one attached hydrogen (secondary N) is 1. The summed E-state index contributed by atoms with van der Waals surface area (Å²) in [6.07, 6.45) is 4.38. The molecule has 1 aliphatic heterocycles. The molecular formula is C18H20N2O5S. The fourth-order valence-corrected chi connectivity index (χ4v) is 4.27. The Morgan fingerprint density at radius 2 is 2.00 bits per heavy atom. The van der Waals surface area contributed by atoms with Crippen LogP contribution in [0.2, 0.25) is 0 Å². The number of morpholine rings is 1. The van der Waals surface area contributed by atoms with Crippen molar-refractivity contribution in [2.45, 2.75) is 11.8 Å². The van der Waals surface area contributed by atoms with Crippen LogP contribution in [0.5, 0.6) is 0 Å². The third-order valence-electron chi connectivity index (χ3n) is 3.99. The highest BCUT2D eigenvalue weighted by atomic mass is 32.2. The number of amides is 1. The third-order valence-corrected chi connectivity index (χ3v) is 6.03. The maximum atomic E-state index is 12.9. The summed E-state index contributed by atoms with van der Waals surface area (Å²) in [7, 11) is -3.63. The van der Waals surface area contributed by atoms with E-state index in [-0.39, 0.29) is 10.8 Å². The van der Waals surface area contributed by atoms with Crippen LogP contribution in [-0.4, -0.2) is 44.9 Å². The van der Waals surface area contributed by atoms with Crippen LogP contribution in [0, 0.1) is 6.92 Å². The first kappa shape index (κ1) is 18.4. The van der Waals surface area contributed by atoms with Crippen LogP contribution >= 0.6 is 0 Å². The van der Waals surface area contributed by atoms with E-state index >= 15 is 0 Å². The molecule has 26 heavy (non-hydrogen) atoms. The molecule has 8 heteroatoms. The molecule has 1 aromatic carbocycles. The summed E-state index contributed by atoms with van der Waals surface area (Å²) in [4.78, 5) is 12.2. The summed E-state index contributed by atoms with van der Waals surface area (Å²) in [6, 6.07) is 8.28. The topological polar surface area (TPSA) is 88.8 Å². The van der Waals surface area contributed by atoms with Gasteiger partial charge in [0.05, 0.1) is 24.4 Å². The largest absolute Gasteiger partial charge is 0.465 e. The Bertz CT molecular complexity index is 898. The van der Waals surface area contributed by atoms with Crippen molar-refractivity contribution in [1.82, 2.24) is 4.31 Å². The highest BCUT2D eigenvalue weighted by molar-refractivity contribution is 7.89.